The van der Waals surface area contributed by atoms with Crippen LogP contribution >= 0.6 is 0 Å². The quantitative estimate of drug-likeness (QED) is 0.0265. The van der Waals surface area contributed by atoms with E-state index in [1.54, 1.807) is 0 Å². The van der Waals surface area contributed by atoms with Gasteiger partial charge in [-0.05, 0) is 51.4 Å². The van der Waals surface area contributed by atoms with Crippen LogP contribution in [0.15, 0.2) is 97.2 Å². The van der Waals surface area contributed by atoms with E-state index in [-0.39, 0.29) is 37.5 Å². The molecule has 0 aliphatic carbocycles. The molecule has 0 N–H and O–H groups in total. The summed E-state index contributed by atoms with van der Waals surface area (Å²) >= 11 is 0. The van der Waals surface area contributed by atoms with Crippen molar-refractivity contribution in [3.05, 3.63) is 97.2 Å². The van der Waals surface area contributed by atoms with Crippen LogP contribution in [0.1, 0.15) is 201 Å². The second kappa shape index (κ2) is 47.0. The minimum Gasteiger partial charge on any atom is -0.462 e. The highest BCUT2D eigenvalue weighted by atomic mass is 16.6. The Balaban J connectivity index is 4.51. The largest absolute Gasteiger partial charge is 0.462 e. The Bertz CT molecular complexity index is 1220. The highest BCUT2D eigenvalue weighted by molar-refractivity contribution is 5.71. The van der Waals surface area contributed by atoms with Gasteiger partial charge in [0.25, 0.3) is 0 Å². The first-order chi connectivity index (χ1) is 29.0. The van der Waals surface area contributed by atoms with Gasteiger partial charge in [-0.1, -0.05) is 227 Å². The Morgan fingerprint density at radius 1 is 0.356 bits per heavy atom. The molecule has 6 heteroatoms. The Labute approximate surface area is 362 Å². The molecule has 0 aliphatic heterocycles. The Kier molecular flexibility index (Phi) is 44.1. The third-order valence-electron chi connectivity index (χ3n) is 9.77. The van der Waals surface area contributed by atoms with Crippen molar-refractivity contribution in [3.8, 4) is 0 Å². The normalized spacial score (nSPS) is 12.9. The number of allylic oxidation sites excluding steroid dienone is 16. The summed E-state index contributed by atoms with van der Waals surface area (Å²) in [5.74, 6) is -1.00. The molecule has 0 aliphatic rings. The Hall–Kier alpha value is -3.67. The van der Waals surface area contributed by atoms with Gasteiger partial charge in [0.2, 0.25) is 0 Å². The van der Waals surface area contributed by atoms with Crippen LogP contribution in [0.25, 0.3) is 0 Å². The van der Waals surface area contributed by atoms with Crippen LogP contribution in [-0.2, 0) is 28.6 Å². The van der Waals surface area contributed by atoms with Gasteiger partial charge in [0.05, 0.1) is 0 Å². The van der Waals surface area contributed by atoms with E-state index in [0.717, 1.165) is 64.2 Å². The van der Waals surface area contributed by atoms with E-state index < -0.39 is 6.10 Å². The van der Waals surface area contributed by atoms with E-state index in [4.69, 9.17) is 14.2 Å². The van der Waals surface area contributed by atoms with Crippen molar-refractivity contribution >= 4 is 17.9 Å². The minimum absolute atomic E-state index is 0.110. The molecule has 6 nitrogen and oxygen atoms in total. The summed E-state index contributed by atoms with van der Waals surface area (Å²) in [7, 11) is 0. The zero-order valence-electron chi connectivity index (χ0n) is 38.0. The molecule has 1 unspecified atom stereocenters. The first kappa shape index (κ1) is 55.3. The maximum absolute atomic E-state index is 12.7. The van der Waals surface area contributed by atoms with Gasteiger partial charge in [-0.15, -0.1) is 0 Å². The van der Waals surface area contributed by atoms with E-state index in [1.807, 2.05) is 54.7 Å². The summed E-state index contributed by atoms with van der Waals surface area (Å²) in [6.45, 7) is 6.27. The molecule has 0 amide bonds. The number of carbonyl (C=O) groups excluding carboxylic acids is 3. The van der Waals surface area contributed by atoms with Crippen LogP contribution in [0.3, 0.4) is 0 Å². The van der Waals surface area contributed by atoms with Crippen LogP contribution in [0.4, 0.5) is 0 Å². The van der Waals surface area contributed by atoms with Gasteiger partial charge in [0.15, 0.2) is 6.10 Å². The number of unbranched alkanes of at least 4 members (excludes halogenated alkanes) is 20. The van der Waals surface area contributed by atoms with Crippen LogP contribution in [0.5, 0.6) is 0 Å². The average Bonchev–Trinajstić information content (AvgIpc) is 3.23. The van der Waals surface area contributed by atoms with Gasteiger partial charge >= 0.3 is 17.9 Å². The topological polar surface area (TPSA) is 78.9 Å². The molecular weight excluding hydrogens is 733 g/mol. The molecule has 0 aromatic heterocycles. The molecule has 0 bridgehead atoms. The molecule has 0 saturated heterocycles. The molecule has 59 heavy (non-hydrogen) atoms. The maximum Gasteiger partial charge on any atom is 0.306 e. The van der Waals surface area contributed by atoms with Gasteiger partial charge in [-0.3, -0.25) is 14.4 Å². The highest BCUT2D eigenvalue weighted by Crippen LogP contribution is 2.14. The molecule has 0 aromatic rings. The van der Waals surface area contributed by atoms with E-state index in [0.29, 0.717) is 19.3 Å². The van der Waals surface area contributed by atoms with Gasteiger partial charge in [0.1, 0.15) is 13.2 Å². The van der Waals surface area contributed by atoms with Crippen molar-refractivity contribution in [3.63, 3.8) is 0 Å². The molecule has 0 spiro atoms. The molecule has 0 fully saturated rings. The lowest BCUT2D eigenvalue weighted by Gasteiger charge is -2.18. The van der Waals surface area contributed by atoms with Crippen molar-refractivity contribution < 1.29 is 28.6 Å². The summed E-state index contributed by atoms with van der Waals surface area (Å²) in [5, 5.41) is 0. The zero-order valence-corrected chi connectivity index (χ0v) is 38.0. The van der Waals surface area contributed by atoms with Crippen molar-refractivity contribution in [2.75, 3.05) is 13.2 Å². The van der Waals surface area contributed by atoms with E-state index in [9.17, 15) is 14.4 Å². The molecule has 0 radical (unpaired) electrons. The number of esters is 3. The number of hydrogen-bond acceptors (Lipinski definition) is 6. The van der Waals surface area contributed by atoms with Crippen molar-refractivity contribution in [1.29, 1.82) is 0 Å². The molecule has 0 saturated carbocycles. The lowest BCUT2D eigenvalue weighted by Crippen LogP contribution is -2.30. The van der Waals surface area contributed by atoms with Gasteiger partial charge < -0.3 is 14.2 Å². The molecule has 1 atom stereocenters. The molecular formula is C53H86O6. The van der Waals surface area contributed by atoms with E-state index >= 15 is 0 Å². The second-order valence-corrected chi connectivity index (χ2v) is 15.4. The number of hydrogen-bond donors (Lipinski definition) is 0. The van der Waals surface area contributed by atoms with Crippen molar-refractivity contribution in [2.24, 2.45) is 0 Å². The van der Waals surface area contributed by atoms with Crippen LogP contribution in [-0.4, -0.2) is 37.2 Å². The average molecular weight is 819 g/mol. The highest BCUT2D eigenvalue weighted by Gasteiger charge is 2.19. The van der Waals surface area contributed by atoms with E-state index in [1.165, 1.54) is 89.9 Å². The fraction of sp³-hybridized carbons (Fsp3) is 0.642. The van der Waals surface area contributed by atoms with Gasteiger partial charge in [-0.2, -0.15) is 0 Å². The monoisotopic (exact) mass is 819 g/mol. The number of carbonyl (C=O) groups is 3. The molecule has 0 aromatic carbocycles. The predicted molar refractivity (Wildman–Crippen MR) is 251 cm³/mol. The predicted octanol–water partition coefficient (Wildman–Crippen LogP) is 15.4. The standard InChI is InChI=1S/C53H86O6/c1-4-7-10-13-16-19-22-25-26-29-31-34-37-40-43-46-52(55)58-49-50(59-53(56)47-44-41-38-35-32-28-24-21-18-15-12-9-6-3)48-57-51(54)45-42-39-36-33-30-27-23-20-17-14-11-8-5-2/h7,9-10,12-13,15-16,18-19,21-22,24,28,32,35,38,50H,4-6,8,11,14,17,20,23,25-27,29-31,33-34,36-37,39-49H2,1-3H3/b10-7-,12-9-,16-13-,18-15-,22-19-,24-21-,32-28-,38-35-. The minimum atomic E-state index is -0.817. The SMILES string of the molecule is CC\C=C/C=C\C=C/C=C\C=C/CCCC(=O)OC(COC(=O)CCCCCCCCC\C=C/C=C\C=C/CC)COC(=O)CCCCCCCCCCCCCCC. The van der Waals surface area contributed by atoms with E-state index in [2.05, 4.69) is 63.3 Å². The summed E-state index contributed by atoms with van der Waals surface area (Å²) in [6.07, 6.45) is 61.1. The summed E-state index contributed by atoms with van der Waals surface area (Å²) in [5.41, 5.74) is 0. The van der Waals surface area contributed by atoms with Crippen molar-refractivity contribution in [1.82, 2.24) is 0 Å². The lowest BCUT2D eigenvalue weighted by molar-refractivity contribution is -0.167. The smallest absolute Gasteiger partial charge is 0.306 e. The molecule has 0 heterocycles. The fourth-order valence-corrected chi connectivity index (χ4v) is 6.24. The first-order valence-electron chi connectivity index (χ1n) is 23.8. The summed E-state index contributed by atoms with van der Waals surface area (Å²) in [6, 6.07) is 0. The third-order valence-corrected chi connectivity index (χ3v) is 9.77. The van der Waals surface area contributed by atoms with Gasteiger partial charge in [0, 0.05) is 19.3 Å². The Morgan fingerprint density at radius 2 is 0.678 bits per heavy atom. The molecule has 0 rings (SSSR count). The van der Waals surface area contributed by atoms with Crippen LogP contribution < -0.4 is 0 Å². The Morgan fingerprint density at radius 3 is 1.08 bits per heavy atom. The summed E-state index contributed by atoms with van der Waals surface area (Å²) in [4.78, 5) is 37.8. The van der Waals surface area contributed by atoms with Crippen LogP contribution in [0.2, 0.25) is 0 Å². The first-order valence-corrected chi connectivity index (χ1v) is 23.8. The summed E-state index contributed by atoms with van der Waals surface area (Å²) < 4.78 is 16.7. The van der Waals surface area contributed by atoms with Gasteiger partial charge in [-0.25, -0.2) is 0 Å². The van der Waals surface area contributed by atoms with Crippen molar-refractivity contribution in [2.45, 2.75) is 207 Å². The third kappa shape index (κ3) is 45.3. The molecule has 334 valence electrons. The number of ether oxygens (including phenoxy) is 3. The maximum atomic E-state index is 12.7. The van der Waals surface area contributed by atoms with Crippen LogP contribution in [0, 0.1) is 0 Å². The second-order valence-electron chi connectivity index (χ2n) is 15.4. The lowest BCUT2D eigenvalue weighted by atomic mass is 10.0. The fourth-order valence-electron chi connectivity index (χ4n) is 6.24. The zero-order chi connectivity index (χ0) is 43.0. The number of rotatable bonds is 41.